The van der Waals surface area contributed by atoms with E-state index in [1.54, 1.807) is 24.4 Å². The van der Waals surface area contributed by atoms with Crippen molar-refractivity contribution in [3.8, 4) is 0 Å². The fourth-order valence-electron chi connectivity index (χ4n) is 1.58. The van der Waals surface area contributed by atoms with Gasteiger partial charge in [0.1, 0.15) is 11.6 Å². The maximum absolute atomic E-state index is 12.8. The number of aromatic nitrogens is 1. The minimum atomic E-state index is -0.227. The molecule has 0 radical (unpaired) electrons. The van der Waals surface area contributed by atoms with E-state index in [4.69, 9.17) is 5.73 Å². The third-order valence-corrected chi connectivity index (χ3v) is 2.54. The molecule has 0 amide bonds. The molecule has 3 N–H and O–H groups in total. The van der Waals surface area contributed by atoms with Crippen molar-refractivity contribution in [1.29, 1.82) is 0 Å². The smallest absolute Gasteiger partial charge is 0.123 e. The molecule has 17 heavy (non-hydrogen) atoms. The maximum atomic E-state index is 12.8. The van der Waals surface area contributed by atoms with Gasteiger partial charge in [0.25, 0.3) is 0 Å². The van der Waals surface area contributed by atoms with Crippen molar-refractivity contribution in [3.05, 3.63) is 54.0 Å². The van der Waals surface area contributed by atoms with Gasteiger partial charge in [0.05, 0.1) is 11.9 Å². The summed E-state index contributed by atoms with van der Waals surface area (Å²) in [6, 6.07) is 10.1. The normalized spacial score (nSPS) is 12.1. The van der Waals surface area contributed by atoms with Crippen molar-refractivity contribution in [2.75, 3.05) is 11.1 Å². The van der Waals surface area contributed by atoms with Crippen LogP contribution in [0.2, 0.25) is 0 Å². The van der Waals surface area contributed by atoms with Crippen molar-refractivity contribution in [2.45, 2.75) is 13.0 Å². The molecule has 0 aliphatic heterocycles. The lowest BCUT2D eigenvalue weighted by atomic mass is 10.1. The van der Waals surface area contributed by atoms with Gasteiger partial charge in [-0.05, 0) is 36.8 Å². The van der Waals surface area contributed by atoms with Crippen LogP contribution >= 0.6 is 0 Å². The molecule has 0 saturated heterocycles. The number of anilines is 2. The molecule has 2 rings (SSSR count). The first-order valence-electron chi connectivity index (χ1n) is 5.38. The van der Waals surface area contributed by atoms with Crippen LogP contribution in [0.3, 0.4) is 0 Å². The number of nitrogens with two attached hydrogens (primary N) is 1. The first-order valence-corrected chi connectivity index (χ1v) is 5.38. The number of nitrogens with zero attached hydrogens (tertiary/aromatic N) is 1. The van der Waals surface area contributed by atoms with Crippen LogP contribution in [0.1, 0.15) is 18.5 Å². The molecule has 1 aromatic carbocycles. The number of nitrogen functional groups attached to an aromatic ring is 1. The zero-order chi connectivity index (χ0) is 12.3. The number of hydrogen-bond donors (Lipinski definition) is 2. The summed E-state index contributed by atoms with van der Waals surface area (Å²) in [6.45, 7) is 2.00. The molecule has 2 aromatic rings. The second kappa shape index (κ2) is 4.82. The Labute approximate surface area is 99.5 Å². The second-order valence-corrected chi connectivity index (χ2v) is 3.89. The first-order chi connectivity index (χ1) is 8.15. The highest BCUT2D eigenvalue weighted by Crippen LogP contribution is 2.19. The Kier molecular flexibility index (Phi) is 3.23. The molecule has 0 aliphatic carbocycles. The van der Waals surface area contributed by atoms with E-state index in [1.165, 1.54) is 12.1 Å². The molecule has 0 saturated carbocycles. The van der Waals surface area contributed by atoms with E-state index < -0.39 is 0 Å². The Balaban J connectivity index is 2.08. The fourth-order valence-corrected chi connectivity index (χ4v) is 1.58. The highest BCUT2D eigenvalue weighted by molar-refractivity contribution is 5.47. The summed E-state index contributed by atoms with van der Waals surface area (Å²) in [5.74, 6) is 0.264. The van der Waals surface area contributed by atoms with Crippen molar-refractivity contribution in [3.63, 3.8) is 0 Å². The van der Waals surface area contributed by atoms with Crippen LogP contribution in [0.25, 0.3) is 0 Å². The predicted molar refractivity (Wildman–Crippen MR) is 67.1 cm³/mol. The summed E-state index contributed by atoms with van der Waals surface area (Å²) < 4.78 is 12.8. The largest absolute Gasteiger partial charge is 0.384 e. The summed E-state index contributed by atoms with van der Waals surface area (Å²) >= 11 is 0. The van der Waals surface area contributed by atoms with Gasteiger partial charge < -0.3 is 11.1 Å². The number of pyridine rings is 1. The highest BCUT2D eigenvalue weighted by atomic mass is 19.1. The summed E-state index contributed by atoms with van der Waals surface area (Å²) in [7, 11) is 0. The van der Waals surface area contributed by atoms with Gasteiger partial charge in [0.15, 0.2) is 0 Å². The van der Waals surface area contributed by atoms with Crippen molar-refractivity contribution in [2.24, 2.45) is 0 Å². The van der Waals surface area contributed by atoms with E-state index in [1.807, 2.05) is 13.0 Å². The van der Waals surface area contributed by atoms with E-state index in [2.05, 4.69) is 10.3 Å². The van der Waals surface area contributed by atoms with Crippen molar-refractivity contribution in [1.82, 2.24) is 4.98 Å². The molecule has 88 valence electrons. The van der Waals surface area contributed by atoms with Gasteiger partial charge in [-0.2, -0.15) is 0 Å². The zero-order valence-corrected chi connectivity index (χ0v) is 9.52. The topological polar surface area (TPSA) is 50.9 Å². The molecule has 3 nitrogen and oxygen atoms in total. The quantitative estimate of drug-likeness (QED) is 0.853. The van der Waals surface area contributed by atoms with Crippen LogP contribution < -0.4 is 11.1 Å². The molecular weight excluding hydrogens is 217 g/mol. The Hall–Kier alpha value is -2.10. The molecule has 1 heterocycles. The van der Waals surface area contributed by atoms with E-state index in [9.17, 15) is 4.39 Å². The zero-order valence-electron chi connectivity index (χ0n) is 9.52. The van der Waals surface area contributed by atoms with Crippen LogP contribution in [0.5, 0.6) is 0 Å². The molecular formula is C13H14FN3. The fraction of sp³-hybridized carbons (Fsp3) is 0.154. The Bertz CT molecular complexity index is 479. The van der Waals surface area contributed by atoms with Gasteiger partial charge in [0.2, 0.25) is 0 Å². The van der Waals surface area contributed by atoms with E-state index in [0.717, 1.165) is 11.3 Å². The molecule has 4 heteroatoms. The van der Waals surface area contributed by atoms with Gasteiger partial charge in [-0.15, -0.1) is 0 Å². The number of nitrogens with one attached hydrogen (secondary N) is 1. The van der Waals surface area contributed by atoms with Gasteiger partial charge in [-0.25, -0.2) is 9.37 Å². The van der Waals surface area contributed by atoms with E-state index in [0.29, 0.717) is 5.82 Å². The second-order valence-electron chi connectivity index (χ2n) is 3.89. The minimum Gasteiger partial charge on any atom is -0.384 e. The van der Waals surface area contributed by atoms with Gasteiger partial charge in [-0.3, -0.25) is 0 Å². The summed E-state index contributed by atoms with van der Waals surface area (Å²) in [4.78, 5) is 4.00. The third-order valence-electron chi connectivity index (χ3n) is 2.54. The molecule has 1 atom stereocenters. The third kappa shape index (κ3) is 2.93. The van der Waals surface area contributed by atoms with Crippen LogP contribution in [-0.2, 0) is 0 Å². The summed E-state index contributed by atoms with van der Waals surface area (Å²) in [6.07, 6.45) is 1.68. The molecule has 0 aliphatic rings. The van der Waals surface area contributed by atoms with Crippen molar-refractivity contribution < 1.29 is 4.39 Å². The van der Waals surface area contributed by atoms with Crippen LogP contribution in [-0.4, -0.2) is 4.98 Å². The van der Waals surface area contributed by atoms with Gasteiger partial charge in [-0.1, -0.05) is 12.1 Å². The molecule has 1 aromatic heterocycles. The Morgan fingerprint density at radius 3 is 2.47 bits per heavy atom. The summed E-state index contributed by atoms with van der Waals surface area (Å²) in [5.41, 5.74) is 7.41. The van der Waals surface area contributed by atoms with Gasteiger partial charge in [0, 0.05) is 6.04 Å². The molecule has 0 bridgehead atoms. The molecule has 0 spiro atoms. The number of rotatable bonds is 3. The van der Waals surface area contributed by atoms with Crippen LogP contribution in [0.15, 0.2) is 42.6 Å². The average Bonchev–Trinajstić information content (AvgIpc) is 2.33. The maximum Gasteiger partial charge on any atom is 0.123 e. The van der Waals surface area contributed by atoms with E-state index in [-0.39, 0.29) is 11.9 Å². The standard InChI is InChI=1S/C13H14FN3/c1-9(10-2-4-11(14)5-3-10)17-12-6-7-13(15)16-8-12/h2-9,17H,1H3,(H2,15,16). The Morgan fingerprint density at radius 2 is 1.88 bits per heavy atom. The summed E-state index contributed by atoms with van der Waals surface area (Å²) in [5, 5.41) is 3.26. The lowest BCUT2D eigenvalue weighted by molar-refractivity contribution is 0.626. The first kappa shape index (κ1) is 11.4. The van der Waals surface area contributed by atoms with Crippen LogP contribution in [0.4, 0.5) is 15.9 Å². The molecule has 1 unspecified atom stereocenters. The molecule has 0 fully saturated rings. The number of hydrogen-bond acceptors (Lipinski definition) is 3. The number of halogens is 1. The van der Waals surface area contributed by atoms with Crippen molar-refractivity contribution >= 4 is 11.5 Å². The lowest BCUT2D eigenvalue weighted by Crippen LogP contribution is -2.07. The SMILES string of the molecule is CC(Nc1ccc(N)nc1)c1ccc(F)cc1. The average molecular weight is 231 g/mol. The van der Waals surface area contributed by atoms with Crippen LogP contribution in [0, 0.1) is 5.82 Å². The van der Waals surface area contributed by atoms with E-state index >= 15 is 0 Å². The monoisotopic (exact) mass is 231 g/mol. The number of benzene rings is 1. The Morgan fingerprint density at radius 1 is 1.18 bits per heavy atom. The predicted octanol–water partition coefficient (Wildman–Crippen LogP) is 2.98. The van der Waals surface area contributed by atoms with Gasteiger partial charge >= 0.3 is 0 Å². The highest BCUT2D eigenvalue weighted by Gasteiger charge is 2.05. The minimum absolute atomic E-state index is 0.0843. The lowest BCUT2D eigenvalue weighted by Gasteiger charge is -2.15.